The second-order valence-electron chi connectivity index (χ2n) is 5.73. The van der Waals surface area contributed by atoms with E-state index in [0.717, 1.165) is 36.5 Å². The Labute approximate surface area is 161 Å². The van der Waals surface area contributed by atoms with Crippen molar-refractivity contribution in [3.8, 4) is 17.0 Å². The molecule has 0 aliphatic carbocycles. The maximum Gasteiger partial charge on any atom is 0.257 e. The van der Waals surface area contributed by atoms with Crippen LogP contribution < -0.4 is 10.1 Å². The van der Waals surface area contributed by atoms with Gasteiger partial charge in [0.2, 0.25) is 0 Å². The summed E-state index contributed by atoms with van der Waals surface area (Å²) in [4.78, 5) is 16.7. The number of rotatable bonds is 7. The molecule has 0 aliphatic rings. The Hall–Kier alpha value is -2.37. The fraction of sp³-hybridized carbons (Fsp3) is 0.200. The van der Waals surface area contributed by atoms with E-state index in [2.05, 4.69) is 17.2 Å². The highest BCUT2D eigenvalue weighted by atomic mass is 35.5. The Morgan fingerprint density at radius 1 is 1.23 bits per heavy atom. The molecule has 134 valence electrons. The Balaban J connectivity index is 1.65. The first kappa shape index (κ1) is 18.4. The van der Waals surface area contributed by atoms with Crippen molar-refractivity contribution >= 4 is 34.0 Å². The summed E-state index contributed by atoms with van der Waals surface area (Å²) < 4.78 is 5.67. The molecule has 0 spiro atoms. The molecular formula is C20H19ClN2O2S. The van der Waals surface area contributed by atoms with E-state index in [1.165, 1.54) is 11.3 Å². The summed E-state index contributed by atoms with van der Waals surface area (Å²) in [5, 5.41) is 5.80. The largest absolute Gasteiger partial charge is 0.494 e. The standard InChI is InChI=1S/C20H19ClN2O2S/c1-2-3-11-25-17-9-7-14(8-10-17)18-13-26-20(22-18)23-19(24)15-5-4-6-16(21)12-15/h4-10,12-13H,2-3,11H2,1H3,(H,22,23,24). The van der Waals surface area contributed by atoms with Gasteiger partial charge in [-0.25, -0.2) is 4.98 Å². The summed E-state index contributed by atoms with van der Waals surface area (Å²) in [6.45, 7) is 2.86. The van der Waals surface area contributed by atoms with Gasteiger partial charge in [0.25, 0.3) is 5.91 Å². The lowest BCUT2D eigenvalue weighted by atomic mass is 10.2. The normalized spacial score (nSPS) is 10.5. The number of anilines is 1. The molecule has 0 atom stereocenters. The number of hydrogen-bond donors (Lipinski definition) is 1. The Kier molecular flexibility index (Phi) is 6.26. The van der Waals surface area contributed by atoms with Crippen molar-refractivity contribution in [3.63, 3.8) is 0 Å². The molecule has 0 saturated heterocycles. The van der Waals surface area contributed by atoms with Gasteiger partial charge in [-0.05, 0) is 48.9 Å². The second kappa shape index (κ2) is 8.83. The first-order chi connectivity index (χ1) is 12.7. The molecule has 1 N–H and O–H groups in total. The minimum absolute atomic E-state index is 0.229. The summed E-state index contributed by atoms with van der Waals surface area (Å²) in [5.74, 6) is 0.625. The van der Waals surface area contributed by atoms with E-state index < -0.39 is 0 Å². The Morgan fingerprint density at radius 2 is 2.04 bits per heavy atom. The quantitative estimate of drug-likeness (QED) is 0.514. The van der Waals surface area contributed by atoms with Gasteiger partial charge in [0, 0.05) is 21.5 Å². The van der Waals surface area contributed by atoms with Crippen LogP contribution in [0.4, 0.5) is 5.13 Å². The van der Waals surface area contributed by atoms with Gasteiger partial charge in [0.15, 0.2) is 5.13 Å². The first-order valence-electron chi connectivity index (χ1n) is 8.41. The molecule has 3 aromatic rings. The molecule has 0 unspecified atom stereocenters. The number of nitrogens with one attached hydrogen (secondary N) is 1. The van der Waals surface area contributed by atoms with Gasteiger partial charge < -0.3 is 4.74 Å². The zero-order valence-corrected chi connectivity index (χ0v) is 15.9. The molecule has 1 amide bonds. The lowest BCUT2D eigenvalue weighted by Gasteiger charge is -2.05. The molecule has 1 heterocycles. The van der Waals surface area contributed by atoms with Crippen molar-refractivity contribution in [2.45, 2.75) is 19.8 Å². The minimum atomic E-state index is -0.229. The van der Waals surface area contributed by atoms with Gasteiger partial charge in [-0.15, -0.1) is 11.3 Å². The number of carbonyl (C=O) groups is 1. The van der Waals surface area contributed by atoms with Crippen molar-refractivity contribution in [2.24, 2.45) is 0 Å². The summed E-state index contributed by atoms with van der Waals surface area (Å²) in [5.41, 5.74) is 2.30. The predicted molar refractivity (Wildman–Crippen MR) is 107 cm³/mol. The van der Waals surface area contributed by atoms with Crippen LogP contribution in [0.2, 0.25) is 5.02 Å². The number of ether oxygens (including phenoxy) is 1. The zero-order chi connectivity index (χ0) is 18.4. The van der Waals surface area contributed by atoms with E-state index in [4.69, 9.17) is 16.3 Å². The van der Waals surface area contributed by atoms with Gasteiger partial charge in [-0.2, -0.15) is 0 Å². The average Bonchev–Trinajstić information content (AvgIpc) is 3.11. The average molecular weight is 387 g/mol. The number of aromatic nitrogens is 1. The van der Waals surface area contributed by atoms with Crippen LogP contribution in [0, 0.1) is 0 Å². The minimum Gasteiger partial charge on any atom is -0.494 e. The SMILES string of the molecule is CCCCOc1ccc(-c2csc(NC(=O)c3cccc(Cl)c3)n2)cc1. The van der Waals surface area contributed by atoms with Crippen molar-refractivity contribution in [2.75, 3.05) is 11.9 Å². The molecule has 0 aliphatic heterocycles. The zero-order valence-electron chi connectivity index (χ0n) is 14.4. The molecule has 6 heteroatoms. The van der Waals surface area contributed by atoms with Gasteiger partial charge in [-0.1, -0.05) is 31.0 Å². The Bertz CT molecular complexity index is 878. The molecule has 4 nitrogen and oxygen atoms in total. The second-order valence-corrected chi connectivity index (χ2v) is 7.02. The third-order valence-corrected chi connectivity index (χ3v) is 4.72. The number of hydrogen-bond acceptors (Lipinski definition) is 4. The first-order valence-corrected chi connectivity index (χ1v) is 9.67. The molecule has 0 fully saturated rings. The predicted octanol–water partition coefficient (Wildman–Crippen LogP) is 5.89. The van der Waals surface area contributed by atoms with Crippen molar-refractivity contribution in [3.05, 3.63) is 64.5 Å². The van der Waals surface area contributed by atoms with Crippen molar-refractivity contribution < 1.29 is 9.53 Å². The van der Waals surface area contributed by atoms with Crippen LogP contribution in [-0.2, 0) is 0 Å². The highest BCUT2D eigenvalue weighted by Crippen LogP contribution is 2.27. The fourth-order valence-electron chi connectivity index (χ4n) is 2.32. The number of carbonyl (C=O) groups excluding carboxylic acids is 1. The number of unbranched alkanes of at least 4 members (excludes halogenated alkanes) is 1. The van der Waals surface area contributed by atoms with E-state index in [-0.39, 0.29) is 5.91 Å². The smallest absolute Gasteiger partial charge is 0.257 e. The number of benzene rings is 2. The topological polar surface area (TPSA) is 51.2 Å². The number of amides is 1. The van der Waals surface area contributed by atoms with Crippen LogP contribution >= 0.6 is 22.9 Å². The van der Waals surface area contributed by atoms with E-state index >= 15 is 0 Å². The van der Waals surface area contributed by atoms with Gasteiger partial charge in [0.05, 0.1) is 12.3 Å². The lowest BCUT2D eigenvalue weighted by Crippen LogP contribution is -2.11. The summed E-state index contributed by atoms with van der Waals surface area (Å²) >= 11 is 7.31. The van der Waals surface area contributed by atoms with Crippen LogP contribution in [0.5, 0.6) is 5.75 Å². The Morgan fingerprint density at radius 3 is 2.77 bits per heavy atom. The summed E-state index contributed by atoms with van der Waals surface area (Å²) in [7, 11) is 0. The molecule has 0 radical (unpaired) electrons. The summed E-state index contributed by atoms with van der Waals surface area (Å²) in [6.07, 6.45) is 2.16. The molecule has 3 rings (SSSR count). The van der Waals surface area contributed by atoms with E-state index in [9.17, 15) is 4.79 Å². The van der Waals surface area contributed by atoms with Gasteiger partial charge >= 0.3 is 0 Å². The fourth-order valence-corrected chi connectivity index (χ4v) is 3.22. The number of halogens is 1. The lowest BCUT2D eigenvalue weighted by molar-refractivity contribution is 0.102. The molecule has 26 heavy (non-hydrogen) atoms. The van der Waals surface area contributed by atoms with Crippen LogP contribution in [0.3, 0.4) is 0 Å². The van der Waals surface area contributed by atoms with Gasteiger partial charge in [-0.3, -0.25) is 10.1 Å². The van der Waals surface area contributed by atoms with Crippen LogP contribution in [0.25, 0.3) is 11.3 Å². The van der Waals surface area contributed by atoms with E-state index in [1.54, 1.807) is 24.3 Å². The molecule has 0 saturated carbocycles. The van der Waals surface area contributed by atoms with Crippen LogP contribution in [-0.4, -0.2) is 17.5 Å². The van der Waals surface area contributed by atoms with Crippen LogP contribution in [0.1, 0.15) is 30.1 Å². The highest BCUT2D eigenvalue weighted by Gasteiger charge is 2.10. The van der Waals surface area contributed by atoms with Crippen molar-refractivity contribution in [1.29, 1.82) is 0 Å². The third kappa shape index (κ3) is 4.84. The molecular weight excluding hydrogens is 368 g/mol. The monoisotopic (exact) mass is 386 g/mol. The molecule has 1 aromatic heterocycles. The van der Waals surface area contributed by atoms with Crippen LogP contribution in [0.15, 0.2) is 53.9 Å². The maximum absolute atomic E-state index is 12.3. The highest BCUT2D eigenvalue weighted by molar-refractivity contribution is 7.14. The number of nitrogens with zero attached hydrogens (tertiary/aromatic N) is 1. The summed E-state index contributed by atoms with van der Waals surface area (Å²) in [6, 6.07) is 14.6. The molecule has 2 aromatic carbocycles. The number of thiazole rings is 1. The maximum atomic E-state index is 12.3. The molecule has 0 bridgehead atoms. The van der Waals surface area contributed by atoms with E-state index in [0.29, 0.717) is 15.7 Å². The third-order valence-electron chi connectivity index (χ3n) is 3.73. The van der Waals surface area contributed by atoms with E-state index in [1.807, 2.05) is 29.6 Å². The van der Waals surface area contributed by atoms with Crippen molar-refractivity contribution in [1.82, 2.24) is 4.98 Å². The van der Waals surface area contributed by atoms with Gasteiger partial charge in [0.1, 0.15) is 5.75 Å².